The van der Waals surface area contributed by atoms with Gasteiger partial charge >= 0.3 is 0 Å². The molecule has 0 aliphatic carbocycles. The first kappa shape index (κ1) is 20.7. The largest absolute Gasteiger partial charge is 0.508 e. The molecule has 0 saturated carbocycles. The number of nitrogens with one attached hydrogen (secondary N) is 1. The lowest BCUT2D eigenvalue weighted by Gasteiger charge is -2.17. The molecule has 0 aromatic heterocycles. The molecule has 3 nitrogen and oxygen atoms in total. The summed E-state index contributed by atoms with van der Waals surface area (Å²) >= 11 is 0. The molecule has 0 radical (unpaired) electrons. The zero-order valence-corrected chi connectivity index (χ0v) is 17.2. The molecule has 0 saturated heterocycles. The molecule has 0 heterocycles. The summed E-state index contributed by atoms with van der Waals surface area (Å²) in [6.45, 7) is 6.68. The molecule has 3 aromatic carbocycles. The number of hydrogen-bond donors (Lipinski definition) is 2. The number of phenolic OH excluding ortho intramolecular Hbond substituents is 1. The molecule has 0 fully saturated rings. The van der Waals surface area contributed by atoms with Gasteiger partial charge in [0.05, 0.1) is 0 Å². The maximum absolute atomic E-state index is 10.1. The highest BCUT2D eigenvalue weighted by Gasteiger charge is 2.13. The van der Waals surface area contributed by atoms with Gasteiger partial charge in [-0.25, -0.2) is 0 Å². The van der Waals surface area contributed by atoms with Gasteiger partial charge in [0.15, 0.2) is 0 Å². The van der Waals surface area contributed by atoms with Gasteiger partial charge in [-0.1, -0.05) is 68.4 Å². The summed E-state index contributed by atoms with van der Waals surface area (Å²) in [7, 11) is 0. The first-order valence-corrected chi connectivity index (χ1v) is 10.2. The van der Waals surface area contributed by atoms with E-state index in [1.165, 1.54) is 11.1 Å². The predicted molar refractivity (Wildman–Crippen MR) is 121 cm³/mol. The number of hydrogen-bond acceptors (Lipinski definition) is 3. The van der Waals surface area contributed by atoms with Crippen LogP contribution in [-0.4, -0.2) is 24.8 Å². The molecule has 0 atom stereocenters. The Morgan fingerprint density at radius 2 is 1.55 bits per heavy atom. The Bertz CT molecular complexity index is 930. The topological polar surface area (TPSA) is 41.5 Å². The maximum Gasteiger partial charge on any atom is 0.119 e. The Morgan fingerprint density at radius 1 is 0.828 bits per heavy atom. The van der Waals surface area contributed by atoms with Gasteiger partial charge in [-0.05, 0) is 65.1 Å². The van der Waals surface area contributed by atoms with E-state index in [1.807, 2.05) is 30.3 Å². The van der Waals surface area contributed by atoms with Crippen LogP contribution in [0.1, 0.15) is 37.0 Å². The molecule has 0 amide bonds. The van der Waals surface area contributed by atoms with Gasteiger partial charge in [-0.2, -0.15) is 0 Å². The fourth-order valence-corrected chi connectivity index (χ4v) is 3.48. The molecule has 2 N–H and O–H groups in total. The van der Waals surface area contributed by atoms with Crippen molar-refractivity contribution < 1.29 is 9.84 Å². The molecule has 3 aromatic rings. The van der Waals surface area contributed by atoms with Gasteiger partial charge < -0.3 is 15.2 Å². The van der Waals surface area contributed by atoms with Gasteiger partial charge in [0.1, 0.15) is 18.1 Å². The molecule has 0 spiro atoms. The Kier molecular flexibility index (Phi) is 7.48. The Hall–Kier alpha value is -3.04. The summed E-state index contributed by atoms with van der Waals surface area (Å²) in [6, 6.07) is 26.1. The summed E-state index contributed by atoms with van der Waals surface area (Å²) in [5, 5.41) is 13.3. The van der Waals surface area contributed by atoms with Crippen molar-refractivity contribution in [2.24, 2.45) is 0 Å². The van der Waals surface area contributed by atoms with Crippen molar-refractivity contribution in [3.63, 3.8) is 0 Å². The van der Waals surface area contributed by atoms with E-state index >= 15 is 0 Å². The second-order valence-corrected chi connectivity index (χ2v) is 6.85. The highest BCUT2D eigenvalue weighted by molar-refractivity contribution is 5.98. The van der Waals surface area contributed by atoms with E-state index in [-0.39, 0.29) is 5.75 Å². The third-order valence-corrected chi connectivity index (χ3v) is 4.85. The third kappa shape index (κ3) is 5.49. The SMILES string of the molecule is CCNCCOc1ccc(C(=C(CC)c2ccccc2)c2cccc(O)c2)cc1. The second kappa shape index (κ2) is 10.5. The van der Waals surface area contributed by atoms with Gasteiger partial charge in [0.2, 0.25) is 0 Å². The Balaban J connectivity index is 2.01. The van der Waals surface area contributed by atoms with Gasteiger partial charge in [0.25, 0.3) is 0 Å². The molecule has 0 unspecified atom stereocenters. The zero-order chi connectivity index (χ0) is 20.5. The maximum atomic E-state index is 10.1. The number of allylic oxidation sites excluding steroid dienone is 1. The van der Waals surface area contributed by atoms with Gasteiger partial charge in [-0.3, -0.25) is 0 Å². The fourth-order valence-electron chi connectivity index (χ4n) is 3.48. The third-order valence-electron chi connectivity index (χ3n) is 4.85. The minimum atomic E-state index is 0.270. The Labute approximate surface area is 173 Å². The number of phenols is 1. The summed E-state index contributed by atoms with van der Waals surface area (Å²) < 4.78 is 5.82. The Morgan fingerprint density at radius 3 is 2.21 bits per heavy atom. The lowest BCUT2D eigenvalue weighted by atomic mass is 9.88. The lowest BCUT2D eigenvalue weighted by molar-refractivity contribution is 0.315. The van der Waals surface area contributed by atoms with Crippen molar-refractivity contribution in [2.75, 3.05) is 19.7 Å². The van der Waals surface area contributed by atoms with Crippen molar-refractivity contribution in [1.82, 2.24) is 5.32 Å². The predicted octanol–water partition coefficient (Wildman–Crippen LogP) is 5.75. The van der Waals surface area contributed by atoms with E-state index < -0.39 is 0 Å². The van der Waals surface area contributed by atoms with Crippen molar-refractivity contribution in [3.8, 4) is 11.5 Å². The summed E-state index contributed by atoms with van der Waals surface area (Å²) in [4.78, 5) is 0. The molecular weight excluding hydrogens is 358 g/mol. The molecule has 150 valence electrons. The quantitative estimate of drug-likeness (QED) is 0.363. The monoisotopic (exact) mass is 387 g/mol. The first-order valence-electron chi connectivity index (χ1n) is 10.2. The zero-order valence-electron chi connectivity index (χ0n) is 17.2. The number of rotatable bonds is 9. The number of ether oxygens (including phenoxy) is 1. The molecular formula is C26H29NO2. The molecule has 3 heteroatoms. The highest BCUT2D eigenvalue weighted by Crippen LogP contribution is 2.35. The first-order chi connectivity index (χ1) is 14.2. The molecule has 3 rings (SSSR count). The number of aromatic hydroxyl groups is 1. The van der Waals surface area contributed by atoms with Crippen molar-refractivity contribution in [1.29, 1.82) is 0 Å². The minimum absolute atomic E-state index is 0.270. The van der Waals surface area contributed by atoms with E-state index in [1.54, 1.807) is 6.07 Å². The van der Waals surface area contributed by atoms with Gasteiger partial charge in [0, 0.05) is 6.54 Å². The van der Waals surface area contributed by atoms with E-state index in [9.17, 15) is 5.11 Å². The summed E-state index contributed by atoms with van der Waals surface area (Å²) in [5.74, 6) is 1.13. The average Bonchev–Trinajstić information content (AvgIpc) is 2.76. The van der Waals surface area contributed by atoms with E-state index in [0.717, 1.165) is 42.0 Å². The average molecular weight is 388 g/mol. The standard InChI is InChI=1S/C26H29NO2/c1-3-25(20-9-6-5-7-10-20)26(22-11-8-12-23(28)19-22)21-13-15-24(16-14-21)29-18-17-27-4-2/h5-16,19,27-28H,3-4,17-18H2,1-2H3. The minimum Gasteiger partial charge on any atom is -0.508 e. The van der Waals surface area contributed by atoms with Crippen LogP contribution in [-0.2, 0) is 0 Å². The second-order valence-electron chi connectivity index (χ2n) is 6.85. The normalized spacial score (nSPS) is 11.8. The van der Waals surface area contributed by atoms with Crippen molar-refractivity contribution in [3.05, 3.63) is 95.6 Å². The van der Waals surface area contributed by atoms with Crippen LogP contribution in [0.15, 0.2) is 78.9 Å². The number of benzene rings is 3. The van der Waals surface area contributed by atoms with Crippen LogP contribution in [0, 0.1) is 0 Å². The summed E-state index contributed by atoms with van der Waals surface area (Å²) in [5.41, 5.74) is 5.69. The lowest BCUT2D eigenvalue weighted by Crippen LogP contribution is -2.20. The molecule has 0 aliphatic rings. The van der Waals surface area contributed by atoms with Crippen LogP contribution in [0.2, 0.25) is 0 Å². The fraction of sp³-hybridized carbons (Fsp3) is 0.231. The van der Waals surface area contributed by atoms with Gasteiger partial charge in [-0.15, -0.1) is 0 Å². The van der Waals surface area contributed by atoms with Crippen LogP contribution in [0.25, 0.3) is 11.1 Å². The van der Waals surface area contributed by atoms with Crippen molar-refractivity contribution >= 4 is 11.1 Å². The van der Waals surface area contributed by atoms with E-state index in [0.29, 0.717) is 6.61 Å². The van der Waals surface area contributed by atoms with Crippen molar-refractivity contribution in [2.45, 2.75) is 20.3 Å². The van der Waals surface area contributed by atoms with Crippen LogP contribution >= 0.6 is 0 Å². The van der Waals surface area contributed by atoms with Crippen LogP contribution in [0.3, 0.4) is 0 Å². The molecule has 0 bridgehead atoms. The highest BCUT2D eigenvalue weighted by atomic mass is 16.5. The molecule has 29 heavy (non-hydrogen) atoms. The summed E-state index contributed by atoms with van der Waals surface area (Å²) in [6.07, 6.45) is 0.885. The molecule has 0 aliphatic heterocycles. The van der Waals surface area contributed by atoms with E-state index in [4.69, 9.17) is 4.74 Å². The van der Waals surface area contributed by atoms with E-state index in [2.05, 4.69) is 61.6 Å². The smallest absolute Gasteiger partial charge is 0.119 e. The van der Waals surface area contributed by atoms with Crippen LogP contribution in [0.5, 0.6) is 11.5 Å². The number of likely N-dealkylation sites (N-methyl/N-ethyl adjacent to an activating group) is 1. The van der Waals surface area contributed by atoms with Crippen LogP contribution in [0.4, 0.5) is 0 Å². The van der Waals surface area contributed by atoms with Crippen LogP contribution < -0.4 is 10.1 Å².